The molecule has 0 bridgehead atoms. The van der Waals surface area contributed by atoms with E-state index in [2.05, 4.69) is 34.0 Å². The molecule has 7 heteroatoms. The summed E-state index contributed by atoms with van der Waals surface area (Å²) in [6, 6.07) is 10.8. The van der Waals surface area contributed by atoms with Crippen LogP contribution >= 0.6 is 0 Å². The second-order valence-electron chi connectivity index (χ2n) is 8.10. The quantitative estimate of drug-likeness (QED) is 0.514. The molecule has 3 N–H and O–H groups in total. The van der Waals surface area contributed by atoms with Crippen molar-refractivity contribution in [1.82, 2.24) is 10.3 Å². The maximum Gasteiger partial charge on any atom is 0.270 e. The minimum Gasteiger partial charge on any atom is -0.508 e. The fourth-order valence-electron chi connectivity index (χ4n) is 3.10. The van der Waals surface area contributed by atoms with E-state index in [-0.39, 0.29) is 17.0 Å². The second kappa shape index (κ2) is 10.2. The molecule has 3 aromatic rings. The van der Waals surface area contributed by atoms with E-state index in [0.717, 1.165) is 12.1 Å². The van der Waals surface area contributed by atoms with Gasteiger partial charge >= 0.3 is 0 Å². The molecular formula is C27H22F2N2O3. The fourth-order valence-corrected chi connectivity index (χ4v) is 3.10. The van der Waals surface area contributed by atoms with Gasteiger partial charge in [0, 0.05) is 16.8 Å². The standard InChI is InChI=1S/C27H22F2N2O3/c1-17-14-18(6-4-5-13-27(2,3)34)15-23(30-17)26(33)31-25(19-7-9-20(28)10-8-19)22-16-21(29)11-12-24(22)32/h7-12,14-16,25,32,34H,1-3H3,(H,31,33). The van der Waals surface area contributed by atoms with Gasteiger partial charge in [0.15, 0.2) is 0 Å². The van der Waals surface area contributed by atoms with E-state index in [1.54, 1.807) is 13.0 Å². The summed E-state index contributed by atoms with van der Waals surface area (Å²) in [6.07, 6.45) is 0. The van der Waals surface area contributed by atoms with E-state index in [1.165, 1.54) is 50.2 Å². The molecule has 1 heterocycles. The molecule has 0 fully saturated rings. The smallest absolute Gasteiger partial charge is 0.270 e. The summed E-state index contributed by atoms with van der Waals surface area (Å²) in [4.78, 5) is 17.3. The van der Waals surface area contributed by atoms with Crippen LogP contribution in [0, 0.1) is 42.2 Å². The van der Waals surface area contributed by atoms with Gasteiger partial charge in [0.05, 0.1) is 6.04 Å². The molecule has 0 spiro atoms. The highest BCUT2D eigenvalue weighted by Crippen LogP contribution is 2.30. The molecule has 2 aromatic carbocycles. The normalized spacial score (nSPS) is 11.5. The number of carbonyl (C=O) groups is 1. The first-order valence-corrected chi connectivity index (χ1v) is 10.3. The van der Waals surface area contributed by atoms with Gasteiger partial charge in [0.1, 0.15) is 28.7 Å². The molecule has 0 saturated heterocycles. The zero-order chi connectivity index (χ0) is 24.9. The van der Waals surface area contributed by atoms with Crippen LogP contribution in [0.1, 0.15) is 52.8 Å². The van der Waals surface area contributed by atoms with Gasteiger partial charge in [0.25, 0.3) is 5.91 Å². The van der Waals surface area contributed by atoms with E-state index in [4.69, 9.17) is 0 Å². The van der Waals surface area contributed by atoms with Gasteiger partial charge in [-0.15, -0.1) is 0 Å². The number of amides is 1. The van der Waals surface area contributed by atoms with Crippen LogP contribution in [0.25, 0.3) is 0 Å². The summed E-state index contributed by atoms with van der Waals surface area (Å²) in [6.45, 7) is 4.77. The molecule has 0 aliphatic carbocycles. The van der Waals surface area contributed by atoms with Gasteiger partial charge in [-0.1, -0.05) is 24.0 Å². The number of rotatable bonds is 4. The first-order valence-electron chi connectivity index (χ1n) is 10.3. The largest absolute Gasteiger partial charge is 0.508 e. The van der Waals surface area contributed by atoms with Crippen molar-refractivity contribution in [3.05, 3.63) is 94.3 Å². The molecule has 172 valence electrons. The Hall–Kier alpha value is -4.20. The molecule has 0 aliphatic rings. The Morgan fingerprint density at radius 3 is 2.38 bits per heavy atom. The third-order valence-corrected chi connectivity index (χ3v) is 4.60. The Labute approximate surface area is 196 Å². The van der Waals surface area contributed by atoms with Crippen molar-refractivity contribution in [2.75, 3.05) is 0 Å². The lowest BCUT2D eigenvalue weighted by molar-refractivity contribution is 0.0937. The summed E-state index contributed by atoms with van der Waals surface area (Å²) in [5.74, 6) is 8.64. The minimum atomic E-state index is -1.17. The van der Waals surface area contributed by atoms with Crippen molar-refractivity contribution in [2.24, 2.45) is 0 Å². The number of aromatic hydroxyl groups is 1. The Bertz CT molecular complexity index is 1340. The van der Waals surface area contributed by atoms with Crippen LogP contribution in [0.15, 0.2) is 54.6 Å². The number of nitrogens with one attached hydrogen (secondary N) is 1. The highest BCUT2D eigenvalue weighted by molar-refractivity contribution is 5.93. The van der Waals surface area contributed by atoms with E-state index in [9.17, 15) is 23.8 Å². The van der Waals surface area contributed by atoms with Gasteiger partial charge in [-0.05, 0) is 80.6 Å². The Kier molecular flexibility index (Phi) is 7.31. The number of aromatic nitrogens is 1. The Balaban J connectivity index is 1.96. The van der Waals surface area contributed by atoms with Crippen LogP contribution in [-0.4, -0.2) is 26.7 Å². The molecule has 34 heavy (non-hydrogen) atoms. The average molecular weight is 460 g/mol. The summed E-state index contributed by atoms with van der Waals surface area (Å²) >= 11 is 0. The molecule has 1 amide bonds. The zero-order valence-electron chi connectivity index (χ0n) is 18.8. The molecule has 5 nitrogen and oxygen atoms in total. The van der Waals surface area contributed by atoms with Crippen LogP contribution in [0.5, 0.6) is 5.75 Å². The number of nitrogens with zero attached hydrogens (tertiary/aromatic N) is 1. The van der Waals surface area contributed by atoms with E-state index in [1.807, 2.05) is 0 Å². The first kappa shape index (κ1) is 24.4. The van der Waals surface area contributed by atoms with Crippen LogP contribution in [-0.2, 0) is 0 Å². The molecule has 0 saturated carbocycles. The van der Waals surface area contributed by atoms with Gasteiger partial charge in [-0.2, -0.15) is 0 Å². The summed E-state index contributed by atoms with van der Waals surface area (Å²) in [7, 11) is 0. The fraction of sp³-hybridized carbons (Fsp3) is 0.185. The lowest BCUT2D eigenvalue weighted by atomic mass is 9.97. The number of carbonyl (C=O) groups excluding carboxylic acids is 1. The highest BCUT2D eigenvalue weighted by Gasteiger charge is 2.22. The van der Waals surface area contributed by atoms with E-state index >= 15 is 0 Å². The number of hydrogen-bond acceptors (Lipinski definition) is 4. The van der Waals surface area contributed by atoms with Gasteiger partial charge in [-0.3, -0.25) is 4.79 Å². The second-order valence-corrected chi connectivity index (χ2v) is 8.10. The molecule has 0 radical (unpaired) electrons. The van der Waals surface area contributed by atoms with Crippen LogP contribution in [0.3, 0.4) is 0 Å². The number of pyridine rings is 1. The number of halogens is 2. The molecule has 1 atom stereocenters. The summed E-state index contributed by atoms with van der Waals surface area (Å²) in [5, 5.41) is 22.7. The Morgan fingerprint density at radius 1 is 1.03 bits per heavy atom. The van der Waals surface area contributed by atoms with Crippen molar-refractivity contribution < 1.29 is 23.8 Å². The van der Waals surface area contributed by atoms with Crippen molar-refractivity contribution >= 4 is 5.91 Å². The molecule has 1 unspecified atom stereocenters. The number of phenols is 1. The summed E-state index contributed by atoms with van der Waals surface area (Å²) in [5.41, 5.74) is 0.419. The maximum absolute atomic E-state index is 13.9. The van der Waals surface area contributed by atoms with Gasteiger partial charge in [0.2, 0.25) is 0 Å². The predicted octanol–water partition coefficient (Wildman–Crippen LogP) is 4.02. The van der Waals surface area contributed by atoms with Gasteiger partial charge < -0.3 is 15.5 Å². The Morgan fingerprint density at radius 2 is 1.71 bits per heavy atom. The lowest BCUT2D eigenvalue weighted by Crippen LogP contribution is -2.30. The third kappa shape index (κ3) is 6.65. The molecule has 1 aromatic heterocycles. The molecule has 0 aliphatic heterocycles. The first-order chi connectivity index (χ1) is 16.0. The van der Waals surface area contributed by atoms with Crippen molar-refractivity contribution in [1.29, 1.82) is 0 Å². The highest BCUT2D eigenvalue weighted by atomic mass is 19.1. The third-order valence-electron chi connectivity index (χ3n) is 4.60. The number of aliphatic hydroxyl groups is 1. The number of benzene rings is 2. The van der Waals surface area contributed by atoms with Crippen molar-refractivity contribution in [2.45, 2.75) is 32.4 Å². The average Bonchev–Trinajstić information content (AvgIpc) is 2.76. The van der Waals surface area contributed by atoms with E-state index in [0.29, 0.717) is 16.8 Å². The van der Waals surface area contributed by atoms with Crippen LogP contribution in [0.2, 0.25) is 0 Å². The number of hydrogen-bond donors (Lipinski definition) is 3. The predicted molar refractivity (Wildman–Crippen MR) is 124 cm³/mol. The summed E-state index contributed by atoms with van der Waals surface area (Å²) < 4.78 is 27.4. The van der Waals surface area contributed by atoms with Gasteiger partial charge in [-0.25, -0.2) is 13.8 Å². The molecule has 3 rings (SSSR count). The van der Waals surface area contributed by atoms with Crippen molar-refractivity contribution in [3.63, 3.8) is 0 Å². The number of aryl methyl sites for hydroxylation is 1. The number of phenolic OH excluding ortho intramolecular Hbond substituents is 1. The lowest BCUT2D eigenvalue weighted by Gasteiger charge is -2.21. The van der Waals surface area contributed by atoms with Crippen molar-refractivity contribution in [3.8, 4) is 29.4 Å². The topological polar surface area (TPSA) is 82.5 Å². The molecular weight excluding hydrogens is 438 g/mol. The monoisotopic (exact) mass is 460 g/mol. The van der Waals surface area contributed by atoms with E-state index < -0.39 is 29.2 Å². The maximum atomic E-state index is 13.9. The zero-order valence-corrected chi connectivity index (χ0v) is 18.8. The van der Waals surface area contributed by atoms with Crippen LogP contribution < -0.4 is 5.32 Å². The SMILES string of the molecule is Cc1cc(C#CC#CC(C)(C)O)cc(C(=O)NC(c2ccc(F)cc2)c2cc(F)ccc2O)n1. The van der Waals surface area contributed by atoms with Crippen LogP contribution in [0.4, 0.5) is 8.78 Å². The minimum absolute atomic E-state index is 0.0442.